The zero-order chi connectivity index (χ0) is 35.4. The van der Waals surface area contributed by atoms with Crippen molar-refractivity contribution in [3.8, 4) is 0 Å². The van der Waals surface area contributed by atoms with E-state index >= 15 is 0 Å². The van der Waals surface area contributed by atoms with Crippen molar-refractivity contribution < 1.29 is 73.3 Å². The first-order valence-corrected chi connectivity index (χ1v) is 19.8. The number of fused-ring (bicyclic) bond motifs is 4. The number of aryl methyl sites for hydroxylation is 8. The molecule has 0 bridgehead atoms. The second-order valence-corrected chi connectivity index (χ2v) is 12.4. The van der Waals surface area contributed by atoms with Crippen molar-refractivity contribution in [3.63, 3.8) is 0 Å². The molecule has 256 valence electrons. The van der Waals surface area contributed by atoms with E-state index in [0.717, 1.165) is 0 Å². The van der Waals surface area contributed by atoms with Gasteiger partial charge < -0.3 is 24.8 Å². The van der Waals surface area contributed by atoms with Gasteiger partial charge in [-0.15, -0.1) is 138 Å². The largest absolute Gasteiger partial charge is 1.00 e. The number of hydrogen-bond acceptors (Lipinski definition) is 0. The molecule has 0 unspecified atom stereocenters. The van der Waals surface area contributed by atoms with Gasteiger partial charge in [-0.2, -0.15) is 24.3 Å². The molecular formula is C46H48Cl2Zr2-2. The number of benzene rings is 4. The van der Waals surface area contributed by atoms with Crippen LogP contribution >= 0.6 is 0 Å². The Bertz CT molecular complexity index is 1890. The molecule has 0 saturated heterocycles. The average molecular weight is 854 g/mol. The predicted molar refractivity (Wildman–Crippen MR) is 210 cm³/mol. The van der Waals surface area contributed by atoms with E-state index in [2.05, 4.69) is 185 Å². The van der Waals surface area contributed by atoms with Crippen LogP contribution in [0.25, 0.3) is 43.1 Å². The van der Waals surface area contributed by atoms with Gasteiger partial charge in [0.15, 0.2) is 0 Å². The molecule has 0 heterocycles. The Morgan fingerprint density at radius 3 is 0.680 bits per heavy atom. The first-order valence-electron chi connectivity index (χ1n) is 16.3. The molecule has 0 aliphatic rings. The van der Waals surface area contributed by atoms with Crippen LogP contribution in [0.2, 0.25) is 0 Å². The summed E-state index contributed by atoms with van der Waals surface area (Å²) in [5, 5.41) is 11.0. The van der Waals surface area contributed by atoms with Crippen LogP contribution in [-0.4, -0.2) is 8.42 Å². The van der Waals surface area contributed by atoms with Crippen LogP contribution in [0.15, 0.2) is 121 Å². The second kappa shape index (κ2) is 22.4. The van der Waals surface area contributed by atoms with E-state index in [1.54, 1.807) is 0 Å². The maximum atomic E-state index is 3.34. The van der Waals surface area contributed by atoms with Crippen molar-refractivity contribution in [2.24, 2.45) is 0 Å². The minimum absolute atomic E-state index is 0. The van der Waals surface area contributed by atoms with Gasteiger partial charge in [0.2, 0.25) is 0 Å². The third kappa shape index (κ3) is 12.3. The van der Waals surface area contributed by atoms with Gasteiger partial charge in [0.25, 0.3) is 0 Å². The number of halogens is 2. The van der Waals surface area contributed by atoms with E-state index in [9.17, 15) is 0 Å². The molecule has 0 atom stereocenters. The fourth-order valence-electron chi connectivity index (χ4n) is 6.16. The van der Waals surface area contributed by atoms with Gasteiger partial charge in [0.1, 0.15) is 0 Å². The molecule has 0 aromatic heterocycles. The molecule has 0 saturated carbocycles. The fraction of sp³-hybridized carbons (Fsp3) is 0.174. The average Bonchev–Trinajstić information content (AvgIpc) is 3.85. The minimum Gasteiger partial charge on any atom is -1.00 e. The van der Waals surface area contributed by atoms with Gasteiger partial charge in [-0.05, 0) is 27.7 Å². The molecule has 4 heteroatoms. The molecule has 8 aromatic rings. The van der Waals surface area contributed by atoms with Crippen LogP contribution in [0.1, 0.15) is 44.5 Å². The zero-order valence-electron chi connectivity index (χ0n) is 30.7. The molecule has 8 aromatic carbocycles. The normalized spacial score (nSPS) is 9.68. The summed E-state index contributed by atoms with van der Waals surface area (Å²) >= 11 is 2.60. The van der Waals surface area contributed by atoms with Crippen LogP contribution in [0.3, 0.4) is 0 Å². The maximum Gasteiger partial charge on any atom is -1.00 e. The van der Waals surface area contributed by atoms with Crippen molar-refractivity contribution in [1.82, 2.24) is 0 Å². The fourth-order valence-corrected chi connectivity index (χ4v) is 6.16. The summed E-state index contributed by atoms with van der Waals surface area (Å²) in [5.74, 6) is 0. The quantitative estimate of drug-likeness (QED) is 0.150. The first-order chi connectivity index (χ1) is 23.1. The van der Waals surface area contributed by atoms with Crippen molar-refractivity contribution in [2.75, 3.05) is 0 Å². The number of hydrogen-bond donors (Lipinski definition) is 0. The summed E-state index contributed by atoms with van der Waals surface area (Å²) in [6.07, 6.45) is 0. The molecule has 0 radical (unpaired) electrons. The molecule has 0 N–H and O–H groups in total. The summed E-state index contributed by atoms with van der Waals surface area (Å²) in [5.41, 5.74) is 10.9. The van der Waals surface area contributed by atoms with E-state index in [0.29, 0.717) is 0 Å². The maximum absolute atomic E-state index is 3.34. The van der Waals surface area contributed by atoms with E-state index in [1.165, 1.54) is 136 Å². The summed E-state index contributed by atoms with van der Waals surface area (Å²) in [4.78, 5) is 0. The molecule has 0 nitrogen and oxygen atoms in total. The molecule has 0 spiro atoms. The second-order valence-electron chi connectivity index (χ2n) is 12.4. The SMILES string of the molecule is Cc1cc2c(C)cccc2[cH-]1.Cc1cc2c(C)cccc2[cH-]1.Cc1cc2c(C)cccc2[cH-]1.Cc1cc2c(C)cccc2[cH-]1.[CH2]=[Zr+2].[CH2]=[Zr+2].[Cl-].[Cl-]. The summed E-state index contributed by atoms with van der Waals surface area (Å²) in [6.45, 7) is 17.2. The molecule has 8 rings (SSSR count). The Kier molecular flexibility index (Phi) is 20.3. The van der Waals surface area contributed by atoms with Gasteiger partial charge in [-0.1, -0.05) is 74.2 Å². The Labute approximate surface area is 342 Å². The van der Waals surface area contributed by atoms with Crippen LogP contribution in [0.4, 0.5) is 0 Å². The molecule has 0 fully saturated rings. The van der Waals surface area contributed by atoms with Crippen molar-refractivity contribution in [1.29, 1.82) is 0 Å². The van der Waals surface area contributed by atoms with Gasteiger partial charge in [0.05, 0.1) is 0 Å². The van der Waals surface area contributed by atoms with Crippen molar-refractivity contribution in [3.05, 3.63) is 166 Å². The minimum atomic E-state index is 0. The van der Waals surface area contributed by atoms with Gasteiger partial charge in [-0.3, -0.25) is 0 Å². The molecule has 0 amide bonds. The van der Waals surface area contributed by atoms with E-state index in [4.69, 9.17) is 0 Å². The van der Waals surface area contributed by atoms with E-state index < -0.39 is 0 Å². The summed E-state index contributed by atoms with van der Waals surface area (Å²) in [7, 11) is 0. The zero-order valence-corrected chi connectivity index (χ0v) is 37.1. The van der Waals surface area contributed by atoms with Gasteiger partial charge in [-0.25, -0.2) is 0 Å². The van der Waals surface area contributed by atoms with Crippen molar-refractivity contribution >= 4 is 51.5 Å². The summed E-state index contributed by atoms with van der Waals surface area (Å²) < 4.78 is 6.68. The number of rotatable bonds is 0. The van der Waals surface area contributed by atoms with Gasteiger partial charge >= 0.3 is 56.9 Å². The third-order valence-corrected chi connectivity index (χ3v) is 8.45. The van der Waals surface area contributed by atoms with E-state index in [-0.39, 0.29) is 24.8 Å². The topological polar surface area (TPSA) is 0 Å². The Hall–Kier alpha value is -2.59. The van der Waals surface area contributed by atoms with Crippen LogP contribution < -0.4 is 24.8 Å². The summed E-state index contributed by atoms with van der Waals surface area (Å²) in [6, 6.07) is 43.6. The smallest absolute Gasteiger partial charge is 1.00 e. The van der Waals surface area contributed by atoms with Crippen LogP contribution in [0.5, 0.6) is 0 Å². The molecule has 0 aliphatic heterocycles. The Balaban J connectivity index is 0.000000318. The Morgan fingerprint density at radius 2 is 0.520 bits per heavy atom. The molecule has 50 heavy (non-hydrogen) atoms. The Morgan fingerprint density at radius 1 is 0.340 bits per heavy atom. The predicted octanol–water partition coefficient (Wildman–Crippen LogP) is 6.64. The first kappa shape index (κ1) is 45.4. The van der Waals surface area contributed by atoms with Crippen LogP contribution in [0, 0.1) is 55.4 Å². The van der Waals surface area contributed by atoms with E-state index in [1.807, 2.05) is 0 Å². The third-order valence-electron chi connectivity index (χ3n) is 8.45. The molecular weight excluding hydrogens is 806 g/mol. The van der Waals surface area contributed by atoms with Gasteiger partial charge in [0, 0.05) is 0 Å². The standard InChI is InChI=1S/4C11H11.2CH2.2ClH.2Zr/c4*1-8-6-10-5-3-4-9(2)11(10)7-8;;;;;;/h4*3-7H,1-2H3;2*1H2;2*1H;;/q4*-1;;;;;2*+2/p-2. The molecule has 0 aliphatic carbocycles. The van der Waals surface area contributed by atoms with Crippen LogP contribution in [-0.2, 0) is 48.5 Å². The monoisotopic (exact) mass is 850 g/mol. The van der Waals surface area contributed by atoms with Crippen molar-refractivity contribution in [2.45, 2.75) is 55.4 Å².